The van der Waals surface area contributed by atoms with Crippen molar-refractivity contribution in [3.8, 4) is 0 Å². The molecule has 3 rings (SSSR count). The summed E-state index contributed by atoms with van der Waals surface area (Å²) in [5, 5.41) is 5.24. The van der Waals surface area contributed by atoms with Crippen LogP contribution in [-0.4, -0.2) is 34.3 Å². The van der Waals surface area contributed by atoms with Gasteiger partial charge in [-0.25, -0.2) is 4.98 Å². The maximum absolute atomic E-state index is 13.0. The molecule has 150 valence electrons. The Bertz CT molecular complexity index is 803. The zero-order valence-corrected chi connectivity index (χ0v) is 17.7. The third kappa shape index (κ3) is 4.79. The third-order valence-electron chi connectivity index (χ3n) is 5.39. The number of likely N-dealkylation sites (tertiary alicyclic amines) is 1. The van der Waals surface area contributed by atoms with E-state index in [-0.39, 0.29) is 30.2 Å². The Morgan fingerprint density at radius 3 is 2.71 bits per heavy atom. The molecule has 6 heteroatoms. The number of rotatable bonds is 7. The third-order valence-corrected chi connectivity index (χ3v) is 6.20. The molecule has 2 atom stereocenters. The molecule has 0 bridgehead atoms. The van der Waals surface area contributed by atoms with Gasteiger partial charge in [0.1, 0.15) is 0 Å². The number of nitrogens with zero attached hydrogens (tertiary/aromatic N) is 2. The number of benzene rings is 1. The van der Waals surface area contributed by atoms with Gasteiger partial charge in [0, 0.05) is 29.8 Å². The molecule has 5 nitrogen and oxygen atoms in total. The predicted molar refractivity (Wildman–Crippen MR) is 113 cm³/mol. The Balaban J connectivity index is 1.66. The molecule has 1 N–H and O–H groups in total. The van der Waals surface area contributed by atoms with Crippen LogP contribution in [0.5, 0.6) is 0 Å². The first-order valence-corrected chi connectivity index (χ1v) is 11.0. The highest BCUT2D eigenvalue weighted by molar-refractivity contribution is 7.13. The number of aromatic nitrogens is 1. The number of hydrogen-bond acceptors (Lipinski definition) is 4. The van der Waals surface area contributed by atoms with Crippen molar-refractivity contribution in [2.24, 2.45) is 5.92 Å². The predicted octanol–water partition coefficient (Wildman–Crippen LogP) is 4.46. The van der Waals surface area contributed by atoms with E-state index in [0.29, 0.717) is 11.0 Å². The zero-order chi connectivity index (χ0) is 20.1. The number of carbonyl (C=O) groups is 2. The van der Waals surface area contributed by atoms with Gasteiger partial charge in [-0.3, -0.25) is 9.59 Å². The summed E-state index contributed by atoms with van der Waals surface area (Å²) in [6.07, 6.45) is 3.40. The summed E-state index contributed by atoms with van der Waals surface area (Å²) >= 11 is 1.37. The van der Waals surface area contributed by atoms with Crippen LogP contribution in [0.1, 0.15) is 57.2 Å². The fraction of sp³-hybridized carbons (Fsp3) is 0.500. The van der Waals surface area contributed by atoms with Crippen molar-refractivity contribution in [3.05, 3.63) is 47.0 Å². The second-order valence-electron chi connectivity index (χ2n) is 7.69. The standard InChI is InChI=1S/C22H29N3O2S/c1-4-18(16-9-6-5-7-10-16)19-11-8-12-25(19)20(26)13-17-14-28-22(23-17)24-21(27)15(2)3/h5-7,9-10,14-15,18-19H,4,8,11-13H2,1-3H3,(H,23,24,27). The molecule has 0 spiro atoms. The first-order chi connectivity index (χ1) is 13.5. The average Bonchev–Trinajstić information content (AvgIpc) is 3.33. The Labute approximate surface area is 171 Å². The Hall–Kier alpha value is -2.21. The minimum absolute atomic E-state index is 0.0551. The summed E-state index contributed by atoms with van der Waals surface area (Å²) in [5.41, 5.74) is 2.04. The smallest absolute Gasteiger partial charge is 0.228 e. The van der Waals surface area contributed by atoms with Crippen LogP contribution in [0.2, 0.25) is 0 Å². The van der Waals surface area contributed by atoms with E-state index in [0.717, 1.165) is 31.5 Å². The summed E-state index contributed by atoms with van der Waals surface area (Å²) in [4.78, 5) is 31.3. The van der Waals surface area contributed by atoms with Crippen LogP contribution in [0, 0.1) is 5.92 Å². The lowest BCUT2D eigenvalue weighted by molar-refractivity contribution is -0.131. The normalized spacial score (nSPS) is 17.7. The van der Waals surface area contributed by atoms with E-state index in [1.165, 1.54) is 16.9 Å². The van der Waals surface area contributed by atoms with Gasteiger partial charge in [-0.2, -0.15) is 0 Å². The molecule has 2 heterocycles. The SMILES string of the molecule is CCC(c1ccccc1)C1CCCN1C(=O)Cc1csc(NC(=O)C(C)C)n1. The van der Waals surface area contributed by atoms with Crippen LogP contribution in [0.4, 0.5) is 5.13 Å². The molecule has 1 aromatic heterocycles. The molecule has 2 amide bonds. The van der Waals surface area contributed by atoms with Gasteiger partial charge < -0.3 is 10.2 Å². The molecule has 2 unspecified atom stereocenters. The van der Waals surface area contributed by atoms with Crippen molar-refractivity contribution in [2.45, 2.75) is 58.4 Å². The number of amides is 2. The lowest BCUT2D eigenvalue weighted by Gasteiger charge is -2.31. The maximum Gasteiger partial charge on any atom is 0.228 e. The van der Waals surface area contributed by atoms with Crippen molar-refractivity contribution in [2.75, 3.05) is 11.9 Å². The van der Waals surface area contributed by atoms with Gasteiger partial charge in [0.05, 0.1) is 12.1 Å². The second kappa shape index (κ2) is 9.32. The van der Waals surface area contributed by atoms with Crippen LogP contribution in [0.25, 0.3) is 0 Å². The second-order valence-corrected chi connectivity index (χ2v) is 8.54. The first-order valence-electron chi connectivity index (χ1n) is 10.1. The topological polar surface area (TPSA) is 62.3 Å². The molecule has 28 heavy (non-hydrogen) atoms. The fourth-order valence-electron chi connectivity index (χ4n) is 3.90. The maximum atomic E-state index is 13.0. The van der Waals surface area contributed by atoms with Crippen LogP contribution < -0.4 is 5.32 Å². The zero-order valence-electron chi connectivity index (χ0n) is 16.9. The van der Waals surface area contributed by atoms with E-state index in [9.17, 15) is 9.59 Å². The summed E-state index contributed by atoms with van der Waals surface area (Å²) in [7, 11) is 0. The first kappa shape index (κ1) is 20.5. The molecular formula is C22H29N3O2S. The van der Waals surface area contributed by atoms with E-state index >= 15 is 0 Å². The molecule has 1 aromatic carbocycles. The van der Waals surface area contributed by atoms with Crippen molar-refractivity contribution < 1.29 is 9.59 Å². The molecule has 1 aliphatic heterocycles. The van der Waals surface area contributed by atoms with Gasteiger partial charge in [0.2, 0.25) is 11.8 Å². The molecule has 0 saturated carbocycles. The number of nitrogens with one attached hydrogen (secondary N) is 1. The molecular weight excluding hydrogens is 370 g/mol. The molecule has 1 saturated heterocycles. The lowest BCUT2D eigenvalue weighted by Crippen LogP contribution is -2.40. The van der Waals surface area contributed by atoms with E-state index in [2.05, 4.69) is 41.5 Å². The van der Waals surface area contributed by atoms with E-state index in [1.54, 1.807) is 0 Å². The van der Waals surface area contributed by atoms with Gasteiger partial charge in [0.15, 0.2) is 5.13 Å². The van der Waals surface area contributed by atoms with E-state index in [1.807, 2.05) is 30.2 Å². The van der Waals surface area contributed by atoms with Crippen LogP contribution in [0.15, 0.2) is 35.7 Å². The Morgan fingerprint density at radius 1 is 1.29 bits per heavy atom. The highest BCUT2D eigenvalue weighted by Gasteiger charge is 2.34. The number of carbonyl (C=O) groups excluding carboxylic acids is 2. The molecule has 2 aromatic rings. The summed E-state index contributed by atoms with van der Waals surface area (Å²) in [6.45, 7) is 6.70. The summed E-state index contributed by atoms with van der Waals surface area (Å²) in [6, 6.07) is 10.8. The molecule has 1 aliphatic rings. The van der Waals surface area contributed by atoms with Gasteiger partial charge in [-0.1, -0.05) is 51.1 Å². The van der Waals surface area contributed by atoms with Crippen molar-refractivity contribution >= 4 is 28.3 Å². The largest absolute Gasteiger partial charge is 0.339 e. The highest BCUT2D eigenvalue weighted by Crippen LogP contribution is 2.34. The fourth-order valence-corrected chi connectivity index (χ4v) is 4.62. The minimum Gasteiger partial charge on any atom is -0.339 e. The quantitative estimate of drug-likeness (QED) is 0.747. The van der Waals surface area contributed by atoms with Gasteiger partial charge in [-0.15, -0.1) is 11.3 Å². The van der Waals surface area contributed by atoms with Gasteiger partial charge in [0.25, 0.3) is 0 Å². The van der Waals surface area contributed by atoms with E-state index in [4.69, 9.17) is 0 Å². The van der Waals surface area contributed by atoms with Crippen molar-refractivity contribution in [1.82, 2.24) is 9.88 Å². The molecule has 0 radical (unpaired) electrons. The number of hydrogen-bond donors (Lipinski definition) is 1. The lowest BCUT2D eigenvalue weighted by atomic mass is 9.87. The molecule has 1 fully saturated rings. The average molecular weight is 400 g/mol. The summed E-state index contributed by atoms with van der Waals surface area (Å²) < 4.78 is 0. The monoisotopic (exact) mass is 399 g/mol. The minimum atomic E-state index is -0.0942. The van der Waals surface area contributed by atoms with Crippen LogP contribution >= 0.6 is 11.3 Å². The van der Waals surface area contributed by atoms with Gasteiger partial charge >= 0.3 is 0 Å². The number of thiazole rings is 1. The van der Waals surface area contributed by atoms with Crippen molar-refractivity contribution in [1.29, 1.82) is 0 Å². The van der Waals surface area contributed by atoms with Crippen LogP contribution in [0.3, 0.4) is 0 Å². The summed E-state index contributed by atoms with van der Waals surface area (Å²) in [5.74, 6) is 0.344. The highest BCUT2D eigenvalue weighted by atomic mass is 32.1. The van der Waals surface area contributed by atoms with Crippen molar-refractivity contribution in [3.63, 3.8) is 0 Å². The number of anilines is 1. The Morgan fingerprint density at radius 2 is 2.04 bits per heavy atom. The Kier molecular flexibility index (Phi) is 6.83. The van der Waals surface area contributed by atoms with E-state index < -0.39 is 0 Å². The molecule has 0 aliphatic carbocycles. The van der Waals surface area contributed by atoms with Crippen LogP contribution in [-0.2, 0) is 16.0 Å². The van der Waals surface area contributed by atoms with Gasteiger partial charge in [-0.05, 0) is 24.8 Å².